The molecule has 2 unspecified atom stereocenters. The topological polar surface area (TPSA) is 24.1 Å². The van der Waals surface area contributed by atoms with E-state index in [0.29, 0.717) is 11.1 Å². The van der Waals surface area contributed by atoms with Crippen LogP contribution in [0, 0.1) is 0 Å². The minimum atomic E-state index is 0.252. The fourth-order valence-electron chi connectivity index (χ4n) is 2.21. The zero-order chi connectivity index (χ0) is 12.3. The van der Waals surface area contributed by atoms with Crippen molar-refractivity contribution in [2.24, 2.45) is 0 Å². The lowest BCUT2D eigenvalue weighted by molar-refractivity contribution is 0.490. The van der Waals surface area contributed by atoms with Gasteiger partial charge in [0.25, 0.3) is 0 Å². The van der Waals surface area contributed by atoms with Crippen LogP contribution in [0.15, 0.2) is 18.2 Å². The Hall–Kier alpha value is -0.280. The fourth-order valence-corrected chi connectivity index (χ4v) is 2.78. The van der Waals surface area contributed by atoms with Crippen molar-refractivity contribution < 1.29 is 0 Å². The van der Waals surface area contributed by atoms with E-state index < -0.39 is 0 Å². The molecule has 0 bridgehead atoms. The summed E-state index contributed by atoms with van der Waals surface area (Å²) in [7, 11) is 0. The highest BCUT2D eigenvalue weighted by Crippen LogP contribution is 2.26. The quantitative estimate of drug-likeness (QED) is 0.878. The zero-order valence-electron chi connectivity index (χ0n) is 9.97. The van der Waals surface area contributed by atoms with Gasteiger partial charge in [-0.25, -0.2) is 0 Å². The molecule has 0 spiro atoms. The Balaban J connectivity index is 1.91. The zero-order valence-corrected chi connectivity index (χ0v) is 11.5. The van der Waals surface area contributed by atoms with Gasteiger partial charge >= 0.3 is 0 Å². The second kappa shape index (κ2) is 6.05. The molecule has 1 heterocycles. The summed E-state index contributed by atoms with van der Waals surface area (Å²) in [6.07, 6.45) is 2.54. The van der Waals surface area contributed by atoms with Crippen LogP contribution < -0.4 is 10.6 Å². The molecule has 2 rings (SSSR count). The van der Waals surface area contributed by atoms with E-state index >= 15 is 0 Å². The van der Waals surface area contributed by atoms with Crippen molar-refractivity contribution in [1.29, 1.82) is 0 Å². The molecule has 0 saturated carbocycles. The first-order valence-corrected chi connectivity index (χ1v) is 6.84. The van der Waals surface area contributed by atoms with Crippen molar-refractivity contribution >= 4 is 23.2 Å². The minimum Gasteiger partial charge on any atom is -0.313 e. The Morgan fingerprint density at radius 3 is 2.94 bits per heavy atom. The molecule has 0 amide bonds. The molecule has 1 saturated heterocycles. The third-order valence-electron chi connectivity index (χ3n) is 3.26. The molecular weight excluding hydrogens is 255 g/mol. The van der Waals surface area contributed by atoms with Gasteiger partial charge in [-0.05, 0) is 44.0 Å². The molecule has 1 aliphatic heterocycles. The van der Waals surface area contributed by atoms with Gasteiger partial charge in [0.05, 0.1) is 0 Å². The molecule has 2 nitrogen and oxygen atoms in total. The molecule has 1 aromatic rings. The van der Waals surface area contributed by atoms with Crippen molar-refractivity contribution in [3.63, 3.8) is 0 Å². The predicted octanol–water partition coefficient (Wildman–Crippen LogP) is 3.40. The van der Waals surface area contributed by atoms with Crippen LogP contribution in [0.1, 0.15) is 31.4 Å². The Morgan fingerprint density at radius 2 is 2.29 bits per heavy atom. The van der Waals surface area contributed by atoms with Crippen LogP contribution >= 0.6 is 23.2 Å². The normalized spacial score (nSPS) is 21.7. The van der Waals surface area contributed by atoms with Crippen LogP contribution in [0.25, 0.3) is 0 Å². The summed E-state index contributed by atoms with van der Waals surface area (Å²) in [5, 5.41) is 8.40. The minimum absolute atomic E-state index is 0.252. The van der Waals surface area contributed by atoms with Crippen molar-refractivity contribution in [2.45, 2.75) is 31.8 Å². The van der Waals surface area contributed by atoms with Gasteiger partial charge in [-0.2, -0.15) is 0 Å². The number of rotatable bonds is 4. The van der Waals surface area contributed by atoms with Gasteiger partial charge in [-0.1, -0.05) is 29.3 Å². The number of hydrogen-bond donors (Lipinski definition) is 2. The third-order valence-corrected chi connectivity index (χ3v) is 3.82. The molecular formula is C13H18Cl2N2. The molecule has 94 valence electrons. The Morgan fingerprint density at radius 1 is 1.47 bits per heavy atom. The van der Waals surface area contributed by atoms with Crippen LogP contribution in [-0.2, 0) is 0 Å². The Bertz CT molecular complexity index is 376. The predicted molar refractivity (Wildman–Crippen MR) is 73.9 cm³/mol. The first-order valence-electron chi connectivity index (χ1n) is 6.08. The number of nitrogens with one attached hydrogen (secondary N) is 2. The summed E-state index contributed by atoms with van der Waals surface area (Å²) < 4.78 is 0. The monoisotopic (exact) mass is 272 g/mol. The molecule has 1 aliphatic rings. The van der Waals surface area contributed by atoms with Gasteiger partial charge in [0.2, 0.25) is 0 Å². The van der Waals surface area contributed by atoms with E-state index in [4.69, 9.17) is 23.2 Å². The maximum atomic E-state index is 6.18. The highest BCUT2D eigenvalue weighted by atomic mass is 35.5. The second-order valence-electron chi connectivity index (χ2n) is 4.59. The van der Waals surface area contributed by atoms with E-state index in [1.54, 1.807) is 6.07 Å². The third kappa shape index (κ3) is 3.59. The summed E-state index contributed by atoms with van der Waals surface area (Å²) >= 11 is 12.1. The lowest BCUT2D eigenvalue weighted by Gasteiger charge is -2.18. The molecule has 0 radical (unpaired) electrons. The smallest absolute Gasteiger partial charge is 0.0468 e. The van der Waals surface area contributed by atoms with Gasteiger partial charge < -0.3 is 10.6 Å². The summed E-state index contributed by atoms with van der Waals surface area (Å²) in [6.45, 7) is 4.26. The van der Waals surface area contributed by atoms with Crippen LogP contribution in [-0.4, -0.2) is 19.1 Å². The van der Waals surface area contributed by atoms with E-state index in [1.807, 2.05) is 12.1 Å². The van der Waals surface area contributed by atoms with Crippen LogP contribution in [0.3, 0.4) is 0 Å². The lowest BCUT2D eigenvalue weighted by atomic mass is 10.1. The SMILES string of the molecule is CC(NCC1CCCN1)c1ccc(Cl)cc1Cl. The van der Waals surface area contributed by atoms with E-state index in [9.17, 15) is 0 Å². The Labute approximate surface area is 113 Å². The van der Waals surface area contributed by atoms with Gasteiger partial charge in [-0.15, -0.1) is 0 Å². The highest BCUT2D eigenvalue weighted by molar-refractivity contribution is 6.35. The average molecular weight is 273 g/mol. The number of halogens is 2. The first kappa shape index (κ1) is 13.2. The lowest BCUT2D eigenvalue weighted by Crippen LogP contribution is -2.35. The molecule has 2 atom stereocenters. The molecule has 0 aromatic heterocycles. The van der Waals surface area contributed by atoms with E-state index in [1.165, 1.54) is 12.8 Å². The number of benzene rings is 1. The fraction of sp³-hybridized carbons (Fsp3) is 0.538. The molecule has 1 fully saturated rings. The van der Waals surface area contributed by atoms with Gasteiger partial charge in [-0.3, -0.25) is 0 Å². The molecule has 2 N–H and O–H groups in total. The standard InChI is InChI=1S/C13H18Cl2N2/c1-9(17-8-11-3-2-6-16-11)12-5-4-10(14)7-13(12)15/h4-5,7,9,11,16-17H,2-3,6,8H2,1H3. The number of hydrogen-bond acceptors (Lipinski definition) is 2. The first-order chi connectivity index (χ1) is 8.16. The largest absolute Gasteiger partial charge is 0.313 e. The molecule has 0 aliphatic carbocycles. The van der Waals surface area contributed by atoms with Gasteiger partial charge in [0, 0.05) is 28.7 Å². The molecule has 1 aromatic carbocycles. The molecule has 17 heavy (non-hydrogen) atoms. The van der Waals surface area contributed by atoms with E-state index in [0.717, 1.165) is 23.7 Å². The summed E-state index contributed by atoms with van der Waals surface area (Å²) in [4.78, 5) is 0. The highest BCUT2D eigenvalue weighted by Gasteiger charge is 2.16. The summed E-state index contributed by atoms with van der Waals surface area (Å²) in [5.41, 5.74) is 1.11. The van der Waals surface area contributed by atoms with E-state index in [2.05, 4.69) is 17.6 Å². The maximum Gasteiger partial charge on any atom is 0.0468 e. The van der Waals surface area contributed by atoms with Crippen molar-refractivity contribution in [1.82, 2.24) is 10.6 Å². The van der Waals surface area contributed by atoms with Crippen LogP contribution in [0.4, 0.5) is 0 Å². The van der Waals surface area contributed by atoms with Crippen LogP contribution in [0.2, 0.25) is 10.0 Å². The summed E-state index contributed by atoms with van der Waals surface area (Å²) in [5.74, 6) is 0. The van der Waals surface area contributed by atoms with Crippen LogP contribution in [0.5, 0.6) is 0 Å². The summed E-state index contributed by atoms with van der Waals surface area (Å²) in [6, 6.07) is 6.52. The van der Waals surface area contributed by atoms with Crippen molar-refractivity contribution in [3.8, 4) is 0 Å². The second-order valence-corrected chi connectivity index (χ2v) is 5.43. The van der Waals surface area contributed by atoms with Gasteiger partial charge in [0.1, 0.15) is 0 Å². The van der Waals surface area contributed by atoms with Gasteiger partial charge in [0.15, 0.2) is 0 Å². The Kier molecular flexibility index (Phi) is 4.69. The average Bonchev–Trinajstić information content (AvgIpc) is 2.78. The molecule has 4 heteroatoms. The maximum absolute atomic E-state index is 6.18. The van der Waals surface area contributed by atoms with Crippen molar-refractivity contribution in [3.05, 3.63) is 33.8 Å². The van der Waals surface area contributed by atoms with Crippen molar-refractivity contribution in [2.75, 3.05) is 13.1 Å². The van der Waals surface area contributed by atoms with E-state index in [-0.39, 0.29) is 6.04 Å².